The quantitative estimate of drug-likeness (QED) is 0.807. The predicted molar refractivity (Wildman–Crippen MR) is 88.8 cm³/mol. The number of nitrogens with zero attached hydrogens (tertiary/aromatic N) is 3. The van der Waals surface area contributed by atoms with Gasteiger partial charge in [0.15, 0.2) is 0 Å². The molecule has 2 heterocycles. The van der Waals surface area contributed by atoms with Crippen LogP contribution in [0.5, 0.6) is 0 Å². The molecule has 0 saturated carbocycles. The van der Waals surface area contributed by atoms with Gasteiger partial charge in [0.2, 0.25) is 5.91 Å². The summed E-state index contributed by atoms with van der Waals surface area (Å²) in [4.78, 5) is 43.8. The van der Waals surface area contributed by atoms with Gasteiger partial charge in [0.25, 0.3) is 11.8 Å². The fraction of sp³-hybridized carbons (Fsp3) is 0.222. The van der Waals surface area contributed by atoms with Crippen LogP contribution < -0.4 is 4.90 Å². The number of fused-ring (bicyclic) bond motifs is 1. The van der Waals surface area contributed by atoms with Crippen LogP contribution in [0.2, 0.25) is 0 Å². The summed E-state index contributed by atoms with van der Waals surface area (Å²) in [7, 11) is 0. The number of rotatable bonds is 4. The molecule has 0 fully saturated rings. The van der Waals surface area contributed by atoms with Gasteiger partial charge in [-0.3, -0.25) is 24.3 Å². The molecule has 24 heavy (non-hydrogen) atoms. The number of carbonyl (C=O) groups excluding carboxylic acids is 3. The van der Waals surface area contributed by atoms with Crippen LogP contribution in [-0.2, 0) is 4.79 Å². The van der Waals surface area contributed by atoms with Crippen LogP contribution in [-0.4, -0.2) is 40.7 Å². The monoisotopic (exact) mass is 323 g/mol. The number of aromatic nitrogens is 1. The highest BCUT2D eigenvalue weighted by Gasteiger charge is 2.38. The number of benzene rings is 1. The molecule has 2 aromatic rings. The number of hydrogen-bond acceptors (Lipinski definition) is 4. The maximum atomic E-state index is 12.6. The number of carbonyl (C=O) groups is 3. The Labute approximate surface area is 139 Å². The van der Waals surface area contributed by atoms with Gasteiger partial charge >= 0.3 is 0 Å². The maximum Gasteiger partial charge on any atom is 0.280 e. The molecule has 0 unspecified atom stereocenters. The summed E-state index contributed by atoms with van der Waals surface area (Å²) >= 11 is 0. The molecule has 3 amide bonds. The molecule has 0 radical (unpaired) electrons. The van der Waals surface area contributed by atoms with Crippen molar-refractivity contribution in [2.75, 3.05) is 18.0 Å². The van der Waals surface area contributed by atoms with Crippen molar-refractivity contribution < 1.29 is 14.4 Å². The Morgan fingerprint density at radius 3 is 2.62 bits per heavy atom. The highest BCUT2D eigenvalue weighted by atomic mass is 16.2. The molecule has 0 N–H and O–H groups in total. The van der Waals surface area contributed by atoms with Crippen molar-refractivity contribution in [3.63, 3.8) is 0 Å². The molecule has 6 heteroatoms. The number of aryl methyl sites for hydroxylation is 1. The summed E-state index contributed by atoms with van der Waals surface area (Å²) in [5, 5.41) is 0. The summed E-state index contributed by atoms with van der Waals surface area (Å²) in [5.74, 6) is -1.31. The second kappa shape index (κ2) is 6.23. The lowest BCUT2D eigenvalue weighted by molar-refractivity contribution is -0.118. The Hall–Kier alpha value is -3.02. The topological polar surface area (TPSA) is 70.6 Å². The zero-order valence-corrected chi connectivity index (χ0v) is 13.5. The lowest BCUT2D eigenvalue weighted by Crippen LogP contribution is -2.42. The summed E-state index contributed by atoms with van der Waals surface area (Å²) in [6.07, 6.45) is 1.46. The van der Waals surface area contributed by atoms with Gasteiger partial charge in [-0.15, -0.1) is 0 Å². The molecule has 0 aliphatic carbocycles. The molecule has 0 saturated heterocycles. The third-order valence-corrected chi connectivity index (χ3v) is 3.95. The van der Waals surface area contributed by atoms with Gasteiger partial charge in [0.1, 0.15) is 12.2 Å². The van der Waals surface area contributed by atoms with Crippen LogP contribution in [0.15, 0.2) is 42.6 Å². The van der Waals surface area contributed by atoms with Gasteiger partial charge in [-0.25, -0.2) is 0 Å². The molecule has 122 valence electrons. The van der Waals surface area contributed by atoms with E-state index in [1.54, 1.807) is 17.0 Å². The van der Waals surface area contributed by atoms with Gasteiger partial charge in [-0.2, -0.15) is 0 Å². The standard InChI is InChI=1S/C18H17N3O3/c1-3-20(13-7-4-6-12(2)10-13)15(22)11-21-17(23)14-8-5-9-19-16(14)18(21)24/h4-10H,3,11H2,1-2H3. The zero-order valence-electron chi connectivity index (χ0n) is 13.5. The van der Waals surface area contributed by atoms with Gasteiger partial charge in [0, 0.05) is 18.4 Å². The molecule has 0 bridgehead atoms. The van der Waals surface area contributed by atoms with E-state index in [1.807, 2.05) is 38.1 Å². The minimum Gasteiger partial charge on any atom is -0.311 e. The van der Waals surface area contributed by atoms with Gasteiger partial charge in [-0.1, -0.05) is 12.1 Å². The summed E-state index contributed by atoms with van der Waals surface area (Å²) < 4.78 is 0. The average molecular weight is 323 g/mol. The van der Waals surface area contributed by atoms with Crippen LogP contribution in [0.25, 0.3) is 0 Å². The van der Waals surface area contributed by atoms with E-state index in [2.05, 4.69) is 4.98 Å². The van der Waals surface area contributed by atoms with E-state index in [-0.39, 0.29) is 23.7 Å². The molecular weight excluding hydrogens is 306 g/mol. The molecular formula is C18H17N3O3. The largest absolute Gasteiger partial charge is 0.311 e. The van der Waals surface area contributed by atoms with E-state index in [4.69, 9.17) is 0 Å². The summed E-state index contributed by atoms with van der Waals surface area (Å²) in [6.45, 7) is 3.95. The Bertz CT molecular complexity index is 797. The third kappa shape index (κ3) is 2.67. The fourth-order valence-corrected chi connectivity index (χ4v) is 2.78. The van der Waals surface area contributed by atoms with Crippen molar-refractivity contribution >= 4 is 23.4 Å². The highest BCUT2D eigenvalue weighted by Crippen LogP contribution is 2.21. The first-order valence-electron chi connectivity index (χ1n) is 7.71. The van der Waals surface area contributed by atoms with Crippen LogP contribution in [0, 0.1) is 6.92 Å². The van der Waals surface area contributed by atoms with Gasteiger partial charge in [-0.05, 0) is 43.7 Å². The van der Waals surface area contributed by atoms with Crippen LogP contribution >= 0.6 is 0 Å². The summed E-state index contributed by atoms with van der Waals surface area (Å²) in [6, 6.07) is 10.7. The Morgan fingerprint density at radius 1 is 1.17 bits per heavy atom. The van der Waals surface area contributed by atoms with E-state index in [0.717, 1.165) is 16.2 Å². The molecule has 6 nitrogen and oxygen atoms in total. The van der Waals surface area contributed by atoms with E-state index in [0.29, 0.717) is 6.54 Å². The van der Waals surface area contributed by atoms with Crippen molar-refractivity contribution in [2.24, 2.45) is 0 Å². The molecule has 0 atom stereocenters. The van der Waals surface area contributed by atoms with Crippen molar-refractivity contribution in [3.8, 4) is 0 Å². The normalized spacial score (nSPS) is 13.2. The fourth-order valence-electron chi connectivity index (χ4n) is 2.78. The molecule has 1 aliphatic heterocycles. The number of hydrogen-bond donors (Lipinski definition) is 0. The minimum atomic E-state index is -0.524. The smallest absolute Gasteiger partial charge is 0.280 e. The number of anilines is 1. The van der Waals surface area contributed by atoms with Crippen LogP contribution in [0.4, 0.5) is 5.69 Å². The van der Waals surface area contributed by atoms with E-state index in [1.165, 1.54) is 6.20 Å². The van der Waals surface area contributed by atoms with Crippen molar-refractivity contribution in [2.45, 2.75) is 13.8 Å². The Balaban J connectivity index is 1.82. The minimum absolute atomic E-state index is 0.105. The Kier molecular flexibility index (Phi) is 4.12. The molecule has 1 aliphatic rings. The van der Waals surface area contributed by atoms with Crippen molar-refractivity contribution in [3.05, 3.63) is 59.4 Å². The number of pyridine rings is 1. The molecule has 1 aromatic heterocycles. The predicted octanol–water partition coefficient (Wildman–Crippen LogP) is 2.04. The lowest BCUT2D eigenvalue weighted by atomic mass is 10.2. The van der Waals surface area contributed by atoms with Gasteiger partial charge < -0.3 is 4.90 Å². The van der Waals surface area contributed by atoms with Crippen molar-refractivity contribution in [1.29, 1.82) is 0 Å². The second-order valence-electron chi connectivity index (χ2n) is 5.57. The highest BCUT2D eigenvalue weighted by molar-refractivity contribution is 6.21. The molecule has 0 spiro atoms. The lowest BCUT2D eigenvalue weighted by Gasteiger charge is -2.23. The first kappa shape index (κ1) is 15.9. The molecule has 3 rings (SSSR count). The summed E-state index contributed by atoms with van der Waals surface area (Å²) in [5.41, 5.74) is 2.13. The van der Waals surface area contributed by atoms with E-state index >= 15 is 0 Å². The number of imide groups is 1. The first-order valence-corrected chi connectivity index (χ1v) is 7.71. The van der Waals surface area contributed by atoms with Crippen LogP contribution in [0.3, 0.4) is 0 Å². The third-order valence-electron chi connectivity index (χ3n) is 3.95. The van der Waals surface area contributed by atoms with E-state index in [9.17, 15) is 14.4 Å². The zero-order chi connectivity index (χ0) is 17.3. The van der Waals surface area contributed by atoms with E-state index < -0.39 is 11.8 Å². The van der Waals surface area contributed by atoms with Crippen molar-refractivity contribution in [1.82, 2.24) is 9.88 Å². The SMILES string of the molecule is CCN(C(=O)CN1C(=O)c2cccnc2C1=O)c1cccc(C)c1. The average Bonchev–Trinajstić information content (AvgIpc) is 2.81. The first-order chi connectivity index (χ1) is 11.5. The maximum absolute atomic E-state index is 12.6. The molecule has 1 aromatic carbocycles. The Morgan fingerprint density at radius 2 is 1.96 bits per heavy atom. The number of likely N-dealkylation sites (N-methyl/N-ethyl adjacent to an activating group) is 1. The van der Waals surface area contributed by atoms with Crippen LogP contribution in [0.1, 0.15) is 33.3 Å². The second-order valence-corrected chi connectivity index (χ2v) is 5.57. The number of amides is 3. The van der Waals surface area contributed by atoms with Gasteiger partial charge in [0.05, 0.1) is 5.56 Å².